The summed E-state index contributed by atoms with van der Waals surface area (Å²) in [6.07, 6.45) is 5.72. The van der Waals surface area contributed by atoms with Crippen molar-refractivity contribution in [3.63, 3.8) is 0 Å². The number of rotatable bonds is 4. The Morgan fingerprint density at radius 2 is 1.93 bits per heavy atom. The number of hydrogen-bond donors (Lipinski definition) is 1. The molecule has 0 radical (unpaired) electrons. The molecule has 2 fully saturated rings. The first-order valence-electron chi connectivity index (χ1n) is 9.92. The molecule has 0 atom stereocenters. The van der Waals surface area contributed by atoms with Crippen molar-refractivity contribution >= 4 is 22.6 Å². The minimum Gasteiger partial charge on any atom is -0.493 e. The first-order valence-corrected chi connectivity index (χ1v) is 9.92. The molecule has 6 heteroatoms. The molecule has 0 bridgehead atoms. The van der Waals surface area contributed by atoms with Crippen LogP contribution in [0, 0.1) is 6.92 Å². The Labute approximate surface area is 159 Å². The molecule has 1 N–H and O–H groups in total. The number of hydrogen-bond acceptors (Lipinski definition) is 5. The molecule has 6 nitrogen and oxygen atoms in total. The summed E-state index contributed by atoms with van der Waals surface area (Å²) in [5.74, 6) is 0.932. The van der Waals surface area contributed by atoms with E-state index < -0.39 is 0 Å². The van der Waals surface area contributed by atoms with E-state index in [0.717, 1.165) is 42.6 Å². The van der Waals surface area contributed by atoms with Crippen LogP contribution in [0.15, 0.2) is 16.5 Å². The molecular weight excluding hydrogens is 344 g/mol. The van der Waals surface area contributed by atoms with Crippen molar-refractivity contribution in [3.05, 3.63) is 23.5 Å². The number of morpholine rings is 1. The molecule has 2 heterocycles. The summed E-state index contributed by atoms with van der Waals surface area (Å²) in [4.78, 5) is 15.2. The highest BCUT2D eigenvalue weighted by Gasteiger charge is 2.26. The number of carbonyl (C=O) groups excluding carboxylic acids is 1. The van der Waals surface area contributed by atoms with Crippen LogP contribution in [0.2, 0.25) is 0 Å². The maximum Gasteiger partial charge on any atom is 0.287 e. The van der Waals surface area contributed by atoms with Gasteiger partial charge in [0.2, 0.25) is 0 Å². The Morgan fingerprint density at radius 1 is 1.19 bits per heavy atom. The standard InChI is InChI=1S/C21H28N2O4/c1-14-18-16(23-10-12-26-13-11-23)8-9-17(25-2)20(18)27-19(14)21(24)22-15-6-4-3-5-7-15/h8-9,15H,3-7,10-13H2,1-2H3,(H,22,24). The van der Waals surface area contributed by atoms with Crippen LogP contribution in [-0.2, 0) is 4.74 Å². The van der Waals surface area contributed by atoms with Crippen molar-refractivity contribution in [2.24, 2.45) is 0 Å². The Bertz CT molecular complexity index is 817. The zero-order valence-corrected chi connectivity index (χ0v) is 16.2. The molecule has 2 aromatic rings. The van der Waals surface area contributed by atoms with Gasteiger partial charge in [-0.05, 0) is 31.9 Å². The van der Waals surface area contributed by atoms with E-state index in [2.05, 4.69) is 16.3 Å². The summed E-state index contributed by atoms with van der Waals surface area (Å²) in [5, 5.41) is 4.13. The number of furan rings is 1. The van der Waals surface area contributed by atoms with Gasteiger partial charge in [-0.3, -0.25) is 4.79 Å². The lowest BCUT2D eigenvalue weighted by atomic mass is 9.95. The summed E-state index contributed by atoms with van der Waals surface area (Å²) in [6.45, 7) is 5.04. The predicted octanol–water partition coefficient (Wildman–Crippen LogP) is 3.65. The van der Waals surface area contributed by atoms with Crippen LogP contribution in [0.25, 0.3) is 11.0 Å². The molecule has 0 unspecified atom stereocenters. The van der Waals surface area contributed by atoms with Gasteiger partial charge in [0.05, 0.1) is 25.7 Å². The van der Waals surface area contributed by atoms with Gasteiger partial charge in [0.25, 0.3) is 5.91 Å². The quantitative estimate of drug-likeness (QED) is 0.888. The summed E-state index contributed by atoms with van der Waals surface area (Å²) in [6, 6.07) is 4.22. The number of carbonyl (C=O) groups is 1. The van der Waals surface area contributed by atoms with Crippen LogP contribution < -0.4 is 15.0 Å². The van der Waals surface area contributed by atoms with Crippen LogP contribution in [-0.4, -0.2) is 45.4 Å². The lowest BCUT2D eigenvalue weighted by Crippen LogP contribution is -2.36. The number of nitrogens with zero attached hydrogens (tertiary/aromatic N) is 1. The van der Waals surface area contributed by atoms with Crippen molar-refractivity contribution in [2.45, 2.75) is 45.1 Å². The van der Waals surface area contributed by atoms with E-state index in [1.165, 1.54) is 19.3 Å². The molecule has 1 saturated carbocycles. The predicted molar refractivity (Wildman–Crippen MR) is 105 cm³/mol. The molecule has 1 amide bonds. The highest BCUT2D eigenvalue weighted by atomic mass is 16.5. The van der Waals surface area contributed by atoms with Crippen molar-refractivity contribution in [3.8, 4) is 5.75 Å². The van der Waals surface area contributed by atoms with Crippen LogP contribution in [0.5, 0.6) is 5.75 Å². The van der Waals surface area contributed by atoms with Gasteiger partial charge in [0, 0.05) is 30.4 Å². The lowest BCUT2D eigenvalue weighted by Gasteiger charge is -2.29. The van der Waals surface area contributed by atoms with Gasteiger partial charge in [-0.15, -0.1) is 0 Å². The number of ether oxygens (including phenoxy) is 2. The first-order chi connectivity index (χ1) is 13.2. The van der Waals surface area contributed by atoms with Gasteiger partial charge < -0.3 is 24.1 Å². The largest absolute Gasteiger partial charge is 0.493 e. The minimum atomic E-state index is -0.120. The molecule has 4 rings (SSSR count). The number of benzene rings is 1. The number of methoxy groups -OCH3 is 1. The van der Waals surface area contributed by atoms with E-state index >= 15 is 0 Å². The van der Waals surface area contributed by atoms with E-state index in [1.54, 1.807) is 7.11 Å². The summed E-state index contributed by atoms with van der Waals surface area (Å²) in [5.41, 5.74) is 2.60. The Hall–Kier alpha value is -2.21. The maximum atomic E-state index is 12.9. The Balaban J connectivity index is 1.71. The molecule has 27 heavy (non-hydrogen) atoms. The number of anilines is 1. The highest BCUT2D eigenvalue weighted by molar-refractivity contribution is 6.05. The topological polar surface area (TPSA) is 63.9 Å². The van der Waals surface area contributed by atoms with Crippen LogP contribution >= 0.6 is 0 Å². The molecular formula is C21H28N2O4. The van der Waals surface area contributed by atoms with Crippen molar-refractivity contribution in [2.75, 3.05) is 38.3 Å². The SMILES string of the molecule is COc1ccc(N2CCOCC2)c2c(C)c(C(=O)NC3CCCCC3)oc12. The monoisotopic (exact) mass is 372 g/mol. The van der Waals surface area contributed by atoms with Crippen molar-refractivity contribution < 1.29 is 18.7 Å². The van der Waals surface area contributed by atoms with Gasteiger partial charge in [-0.1, -0.05) is 19.3 Å². The van der Waals surface area contributed by atoms with Crippen LogP contribution in [0.3, 0.4) is 0 Å². The van der Waals surface area contributed by atoms with Crippen molar-refractivity contribution in [1.29, 1.82) is 0 Å². The fourth-order valence-corrected chi connectivity index (χ4v) is 4.25. The smallest absolute Gasteiger partial charge is 0.287 e. The van der Waals surface area contributed by atoms with Crippen molar-refractivity contribution in [1.82, 2.24) is 5.32 Å². The van der Waals surface area contributed by atoms with Crippen LogP contribution in [0.1, 0.15) is 48.2 Å². The third kappa shape index (κ3) is 3.50. The number of fused-ring (bicyclic) bond motifs is 1. The van der Waals surface area contributed by atoms with Gasteiger partial charge >= 0.3 is 0 Å². The third-order valence-electron chi connectivity index (χ3n) is 5.74. The zero-order chi connectivity index (χ0) is 18.8. The highest BCUT2D eigenvalue weighted by Crippen LogP contribution is 2.39. The van der Waals surface area contributed by atoms with Crippen LogP contribution in [0.4, 0.5) is 5.69 Å². The second kappa shape index (κ2) is 7.80. The number of aryl methyl sites for hydroxylation is 1. The molecule has 2 aliphatic rings. The van der Waals surface area contributed by atoms with Gasteiger partial charge in [-0.2, -0.15) is 0 Å². The van der Waals surface area contributed by atoms with E-state index in [-0.39, 0.29) is 11.9 Å². The number of nitrogens with one attached hydrogen (secondary N) is 1. The molecule has 1 aliphatic carbocycles. The van der Waals surface area contributed by atoms with Gasteiger partial charge in [0.1, 0.15) is 0 Å². The summed E-state index contributed by atoms with van der Waals surface area (Å²) in [7, 11) is 1.63. The normalized spacial score (nSPS) is 18.7. The fraction of sp³-hybridized carbons (Fsp3) is 0.571. The Kier molecular flexibility index (Phi) is 5.25. The average molecular weight is 372 g/mol. The second-order valence-electron chi connectivity index (χ2n) is 7.46. The van der Waals surface area contributed by atoms with Gasteiger partial charge in [0.15, 0.2) is 17.1 Å². The van der Waals surface area contributed by atoms with Gasteiger partial charge in [-0.25, -0.2) is 0 Å². The molecule has 1 aromatic heterocycles. The van der Waals surface area contributed by atoms with E-state index in [9.17, 15) is 4.79 Å². The fourth-order valence-electron chi connectivity index (χ4n) is 4.25. The minimum absolute atomic E-state index is 0.120. The molecule has 146 valence electrons. The van der Waals surface area contributed by atoms with E-state index in [4.69, 9.17) is 13.9 Å². The van der Waals surface area contributed by atoms with E-state index in [1.807, 2.05) is 13.0 Å². The maximum absolute atomic E-state index is 12.9. The first kappa shape index (κ1) is 18.2. The lowest BCUT2D eigenvalue weighted by molar-refractivity contribution is 0.0900. The molecule has 1 aromatic carbocycles. The van der Waals surface area contributed by atoms with E-state index in [0.29, 0.717) is 30.3 Å². The number of amides is 1. The molecule has 1 aliphatic heterocycles. The summed E-state index contributed by atoms with van der Waals surface area (Å²) < 4.78 is 17.0. The zero-order valence-electron chi connectivity index (χ0n) is 16.2. The average Bonchev–Trinajstić information content (AvgIpc) is 3.06. The second-order valence-corrected chi connectivity index (χ2v) is 7.46. The third-order valence-corrected chi connectivity index (χ3v) is 5.74. The Morgan fingerprint density at radius 3 is 2.63 bits per heavy atom. The summed E-state index contributed by atoms with van der Waals surface area (Å²) >= 11 is 0. The molecule has 0 spiro atoms. The molecule has 1 saturated heterocycles.